The standard InChI is InChI=1S/C26H25N5O5/c1-3-35-15-16-36-26-28-24(23-10-5-4-7-18(23)2)30(29-26)21-13-11-20(12-14-21)27-25(32)19-8-6-9-22(17-19)31(33)34/h4-14,17H,3,15-16H2,1-2H3,(H,27,32). The first-order chi connectivity index (χ1) is 17.5. The van der Waals surface area contributed by atoms with Crippen LogP contribution in [0.1, 0.15) is 22.8 Å². The predicted octanol–water partition coefficient (Wildman–Crippen LogP) is 4.82. The molecule has 10 heteroatoms. The van der Waals surface area contributed by atoms with E-state index in [9.17, 15) is 14.9 Å². The van der Waals surface area contributed by atoms with Gasteiger partial charge < -0.3 is 14.8 Å². The largest absolute Gasteiger partial charge is 0.460 e. The van der Waals surface area contributed by atoms with Crippen LogP contribution in [0.3, 0.4) is 0 Å². The van der Waals surface area contributed by atoms with Crippen molar-refractivity contribution in [1.82, 2.24) is 14.8 Å². The Labute approximate surface area is 207 Å². The molecule has 36 heavy (non-hydrogen) atoms. The summed E-state index contributed by atoms with van der Waals surface area (Å²) in [5.74, 6) is 0.172. The van der Waals surface area contributed by atoms with E-state index in [0.29, 0.717) is 37.0 Å². The lowest BCUT2D eigenvalue weighted by molar-refractivity contribution is -0.384. The molecule has 4 rings (SSSR count). The number of non-ortho nitro benzene ring substituents is 1. The van der Waals surface area contributed by atoms with Gasteiger partial charge >= 0.3 is 6.01 Å². The first kappa shape index (κ1) is 24.6. The first-order valence-electron chi connectivity index (χ1n) is 11.4. The van der Waals surface area contributed by atoms with Crippen LogP contribution in [0.25, 0.3) is 17.1 Å². The van der Waals surface area contributed by atoms with Crippen LogP contribution >= 0.6 is 0 Å². The molecule has 0 aliphatic rings. The summed E-state index contributed by atoms with van der Waals surface area (Å²) in [4.78, 5) is 27.6. The summed E-state index contributed by atoms with van der Waals surface area (Å²) in [6, 6.07) is 20.7. The highest BCUT2D eigenvalue weighted by Gasteiger charge is 2.17. The van der Waals surface area contributed by atoms with E-state index in [2.05, 4.69) is 15.4 Å². The molecule has 1 heterocycles. The average Bonchev–Trinajstić information content (AvgIpc) is 3.31. The van der Waals surface area contributed by atoms with Crippen molar-refractivity contribution in [3.8, 4) is 23.1 Å². The molecule has 0 saturated heterocycles. The van der Waals surface area contributed by atoms with Gasteiger partial charge in [0.15, 0.2) is 5.82 Å². The van der Waals surface area contributed by atoms with Crippen LogP contribution in [0.15, 0.2) is 72.8 Å². The molecular weight excluding hydrogens is 462 g/mol. The number of ether oxygens (including phenoxy) is 2. The summed E-state index contributed by atoms with van der Waals surface area (Å²) in [5, 5.41) is 18.3. The number of aryl methyl sites for hydroxylation is 1. The SMILES string of the molecule is CCOCCOc1nc(-c2ccccc2C)n(-c2ccc(NC(=O)c3cccc([N+](=O)[O-])c3)cc2)n1. The Morgan fingerprint density at radius 1 is 1.06 bits per heavy atom. The van der Waals surface area contributed by atoms with Crippen molar-refractivity contribution in [1.29, 1.82) is 0 Å². The zero-order valence-corrected chi connectivity index (χ0v) is 19.9. The number of nitro benzene ring substituents is 1. The van der Waals surface area contributed by atoms with Gasteiger partial charge in [-0.1, -0.05) is 30.3 Å². The molecule has 0 atom stereocenters. The molecule has 1 N–H and O–H groups in total. The number of aromatic nitrogens is 3. The monoisotopic (exact) mass is 487 g/mol. The van der Waals surface area contributed by atoms with E-state index in [1.165, 1.54) is 24.3 Å². The molecule has 184 valence electrons. The van der Waals surface area contributed by atoms with Crippen molar-refractivity contribution >= 4 is 17.3 Å². The minimum Gasteiger partial charge on any atom is -0.460 e. The molecule has 0 aliphatic carbocycles. The normalized spacial score (nSPS) is 10.7. The summed E-state index contributed by atoms with van der Waals surface area (Å²) in [6.45, 7) is 5.27. The molecule has 0 fully saturated rings. The minimum absolute atomic E-state index is 0.146. The number of nitro groups is 1. The van der Waals surface area contributed by atoms with Crippen LogP contribution in [0.2, 0.25) is 0 Å². The third-order valence-corrected chi connectivity index (χ3v) is 5.33. The average molecular weight is 488 g/mol. The Balaban J connectivity index is 1.58. The molecule has 0 unspecified atom stereocenters. The molecule has 1 aromatic heterocycles. The van der Waals surface area contributed by atoms with Gasteiger partial charge in [-0.15, -0.1) is 5.10 Å². The number of carbonyl (C=O) groups excluding carboxylic acids is 1. The van der Waals surface area contributed by atoms with Crippen LogP contribution in [0.5, 0.6) is 6.01 Å². The van der Waals surface area contributed by atoms with Gasteiger partial charge in [-0.2, -0.15) is 4.98 Å². The van der Waals surface area contributed by atoms with Crippen LogP contribution in [-0.4, -0.2) is 45.4 Å². The molecular formula is C26H25N5O5. The van der Waals surface area contributed by atoms with E-state index < -0.39 is 10.8 Å². The highest BCUT2D eigenvalue weighted by atomic mass is 16.6. The maximum Gasteiger partial charge on any atom is 0.336 e. The fourth-order valence-electron chi connectivity index (χ4n) is 3.52. The fourth-order valence-corrected chi connectivity index (χ4v) is 3.52. The molecule has 1 amide bonds. The second-order valence-corrected chi connectivity index (χ2v) is 7.80. The highest BCUT2D eigenvalue weighted by molar-refractivity contribution is 6.04. The van der Waals surface area contributed by atoms with Gasteiger partial charge in [0.2, 0.25) is 0 Å². The van der Waals surface area contributed by atoms with Crippen molar-refractivity contribution in [2.75, 3.05) is 25.1 Å². The van der Waals surface area contributed by atoms with Gasteiger partial charge in [0.25, 0.3) is 11.6 Å². The minimum atomic E-state index is -0.537. The summed E-state index contributed by atoms with van der Waals surface area (Å²) in [6.07, 6.45) is 0. The molecule has 0 bridgehead atoms. The van der Waals surface area contributed by atoms with Crippen molar-refractivity contribution in [3.05, 3.63) is 94.0 Å². The zero-order chi connectivity index (χ0) is 25.5. The molecule has 0 spiro atoms. The second-order valence-electron chi connectivity index (χ2n) is 7.80. The number of anilines is 1. The maximum atomic E-state index is 12.6. The number of hydrogen-bond donors (Lipinski definition) is 1. The lowest BCUT2D eigenvalue weighted by Gasteiger charge is -2.09. The van der Waals surface area contributed by atoms with Crippen molar-refractivity contribution in [2.45, 2.75) is 13.8 Å². The Morgan fingerprint density at radius 2 is 1.83 bits per heavy atom. The van der Waals surface area contributed by atoms with Crippen LogP contribution in [0.4, 0.5) is 11.4 Å². The quantitative estimate of drug-likeness (QED) is 0.193. The van der Waals surface area contributed by atoms with E-state index in [1.807, 2.05) is 38.1 Å². The van der Waals surface area contributed by atoms with E-state index in [1.54, 1.807) is 28.9 Å². The molecule has 4 aromatic rings. The molecule has 3 aromatic carbocycles. The lowest BCUT2D eigenvalue weighted by atomic mass is 10.1. The van der Waals surface area contributed by atoms with Gasteiger partial charge in [0, 0.05) is 35.6 Å². The second kappa shape index (κ2) is 11.2. The van der Waals surface area contributed by atoms with E-state index in [0.717, 1.165) is 11.1 Å². The lowest BCUT2D eigenvalue weighted by Crippen LogP contribution is -2.12. The Kier molecular flexibility index (Phi) is 7.66. The number of carbonyl (C=O) groups is 1. The topological polar surface area (TPSA) is 121 Å². The zero-order valence-electron chi connectivity index (χ0n) is 19.9. The Morgan fingerprint density at radius 3 is 2.56 bits per heavy atom. The third kappa shape index (κ3) is 5.73. The summed E-state index contributed by atoms with van der Waals surface area (Å²) in [5.41, 5.74) is 3.24. The predicted molar refractivity (Wildman–Crippen MR) is 135 cm³/mol. The molecule has 0 aliphatic heterocycles. The van der Waals surface area contributed by atoms with Crippen molar-refractivity contribution < 1.29 is 19.2 Å². The molecule has 0 radical (unpaired) electrons. The number of hydrogen-bond acceptors (Lipinski definition) is 7. The molecule has 10 nitrogen and oxygen atoms in total. The van der Waals surface area contributed by atoms with E-state index in [-0.39, 0.29) is 17.3 Å². The van der Waals surface area contributed by atoms with Gasteiger partial charge in [0.05, 0.1) is 17.2 Å². The highest BCUT2D eigenvalue weighted by Crippen LogP contribution is 2.27. The number of benzene rings is 3. The number of amides is 1. The van der Waals surface area contributed by atoms with E-state index in [4.69, 9.17) is 9.47 Å². The fraction of sp³-hybridized carbons (Fsp3) is 0.192. The van der Waals surface area contributed by atoms with Gasteiger partial charge in [-0.3, -0.25) is 14.9 Å². The maximum absolute atomic E-state index is 12.6. The smallest absolute Gasteiger partial charge is 0.336 e. The number of nitrogens with one attached hydrogen (secondary N) is 1. The Bertz CT molecular complexity index is 1370. The van der Waals surface area contributed by atoms with Crippen LogP contribution in [-0.2, 0) is 4.74 Å². The van der Waals surface area contributed by atoms with E-state index >= 15 is 0 Å². The summed E-state index contributed by atoms with van der Waals surface area (Å²) >= 11 is 0. The molecule has 0 saturated carbocycles. The van der Waals surface area contributed by atoms with Gasteiger partial charge in [-0.25, -0.2) is 4.68 Å². The number of nitrogens with zero attached hydrogens (tertiary/aromatic N) is 4. The van der Waals surface area contributed by atoms with Gasteiger partial charge in [-0.05, 0) is 49.7 Å². The van der Waals surface area contributed by atoms with Crippen molar-refractivity contribution in [2.24, 2.45) is 0 Å². The van der Waals surface area contributed by atoms with Crippen LogP contribution in [0, 0.1) is 17.0 Å². The summed E-state index contributed by atoms with van der Waals surface area (Å²) in [7, 11) is 0. The van der Waals surface area contributed by atoms with Crippen molar-refractivity contribution in [3.63, 3.8) is 0 Å². The Hall–Kier alpha value is -4.57. The number of rotatable bonds is 10. The first-order valence-corrected chi connectivity index (χ1v) is 11.4. The van der Waals surface area contributed by atoms with Gasteiger partial charge in [0.1, 0.15) is 6.61 Å². The third-order valence-electron chi connectivity index (χ3n) is 5.33. The van der Waals surface area contributed by atoms with Crippen LogP contribution < -0.4 is 10.1 Å². The summed E-state index contributed by atoms with van der Waals surface area (Å²) < 4.78 is 12.7.